The minimum atomic E-state index is -0.230. The van der Waals surface area contributed by atoms with Gasteiger partial charge in [-0.1, -0.05) is 42.4 Å². The molecule has 0 saturated carbocycles. The van der Waals surface area contributed by atoms with E-state index in [-0.39, 0.29) is 16.8 Å². The summed E-state index contributed by atoms with van der Waals surface area (Å²) in [5, 5.41) is 3.16. The lowest BCUT2D eigenvalue weighted by molar-refractivity contribution is -0.128. The van der Waals surface area contributed by atoms with Crippen molar-refractivity contribution in [3.8, 4) is 0 Å². The Balaban J connectivity index is 4.09. The van der Waals surface area contributed by atoms with Crippen LogP contribution in [0.25, 0.3) is 0 Å². The van der Waals surface area contributed by atoms with Gasteiger partial charge < -0.3 is 10.1 Å². The summed E-state index contributed by atoms with van der Waals surface area (Å²) >= 11 is 0. The molecule has 1 N–H and O–H groups in total. The molecule has 0 fully saturated rings. The van der Waals surface area contributed by atoms with E-state index >= 15 is 0 Å². The van der Waals surface area contributed by atoms with Crippen LogP contribution in [0.15, 0.2) is 0 Å². The average Bonchev–Trinajstić information content (AvgIpc) is 2.50. The minimum absolute atomic E-state index is 0.0675. The van der Waals surface area contributed by atoms with Crippen molar-refractivity contribution < 1.29 is 9.53 Å². The van der Waals surface area contributed by atoms with Crippen molar-refractivity contribution in [2.75, 3.05) is 31.7 Å². The first-order chi connectivity index (χ1) is 10.3. The van der Waals surface area contributed by atoms with Crippen LogP contribution in [0.2, 0.25) is 0 Å². The second kappa shape index (κ2) is 11.8. The number of nitrogens with one attached hydrogen (secondary N) is 1. The number of hydrogen-bond donors (Lipinski definition) is 1. The van der Waals surface area contributed by atoms with Gasteiger partial charge in [0.2, 0.25) is 0 Å². The maximum atomic E-state index is 11.8. The highest BCUT2D eigenvalue weighted by Crippen LogP contribution is 2.31. The molecule has 22 heavy (non-hydrogen) atoms. The van der Waals surface area contributed by atoms with Gasteiger partial charge in [-0.25, -0.2) is 0 Å². The maximum Gasteiger partial charge on any atom is 0.135 e. The third-order valence-corrected chi connectivity index (χ3v) is 7.12. The lowest BCUT2D eigenvalue weighted by Gasteiger charge is -2.31. The van der Waals surface area contributed by atoms with Gasteiger partial charge in [0.25, 0.3) is 0 Å². The first-order valence-electron chi connectivity index (χ1n) is 8.37. The van der Waals surface area contributed by atoms with E-state index in [1.807, 2.05) is 28.6 Å². The number of hydrogen-bond acceptors (Lipinski definition) is 5. The van der Waals surface area contributed by atoms with Crippen LogP contribution in [0.4, 0.5) is 0 Å². The van der Waals surface area contributed by atoms with Crippen LogP contribution in [0, 0.1) is 5.41 Å². The zero-order chi connectivity index (χ0) is 17.1. The Morgan fingerprint density at radius 3 is 2.23 bits per heavy atom. The summed E-state index contributed by atoms with van der Waals surface area (Å²) in [5.74, 6) is 2.52. The van der Waals surface area contributed by atoms with E-state index in [1.165, 1.54) is 0 Å². The van der Waals surface area contributed by atoms with E-state index in [4.69, 9.17) is 4.74 Å². The fraction of sp³-hybridized carbons (Fsp3) is 0.941. The summed E-state index contributed by atoms with van der Waals surface area (Å²) in [5.41, 5.74) is -0.297. The summed E-state index contributed by atoms with van der Waals surface area (Å²) in [7, 11) is 5.83. The largest absolute Gasteiger partial charge is 0.375 e. The Hall–Kier alpha value is 0.290. The van der Waals surface area contributed by atoms with Crippen LogP contribution < -0.4 is 5.32 Å². The second-order valence-corrected chi connectivity index (χ2v) is 9.07. The van der Waals surface area contributed by atoms with Crippen LogP contribution in [-0.2, 0) is 9.53 Å². The molecule has 0 rings (SSSR count). The number of carbonyl (C=O) groups excluding carboxylic acids is 1. The number of rotatable bonds is 14. The van der Waals surface area contributed by atoms with Gasteiger partial charge in [-0.15, -0.1) is 0 Å². The molecule has 0 aromatic heterocycles. The van der Waals surface area contributed by atoms with Crippen molar-refractivity contribution in [2.24, 2.45) is 5.41 Å². The number of carbonyl (C=O) groups is 1. The summed E-state index contributed by atoms with van der Waals surface area (Å²) < 4.78 is 6.17. The predicted molar refractivity (Wildman–Crippen MR) is 102 cm³/mol. The molecule has 2 atom stereocenters. The molecule has 0 aromatic rings. The molecule has 5 heteroatoms. The lowest BCUT2D eigenvalue weighted by Crippen LogP contribution is -2.32. The second-order valence-electron chi connectivity index (χ2n) is 6.37. The van der Waals surface area contributed by atoms with Crippen molar-refractivity contribution in [1.29, 1.82) is 0 Å². The molecule has 132 valence electrons. The highest BCUT2D eigenvalue weighted by Gasteiger charge is 2.29. The molecule has 0 spiro atoms. The predicted octanol–water partition coefficient (Wildman–Crippen LogP) is 4.56. The average molecular weight is 350 g/mol. The third-order valence-electron chi connectivity index (χ3n) is 4.72. The highest BCUT2D eigenvalue weighted by molar-refractivity contribution is 8.76. The zero-order valence-electron chi connectivity index (χ0n) is 15.3. The van der Waals surface area contributed by atoms with Crippen molar-refractivity contribution >= 4 is 27.4 Å². The van der Waals surface area contributed by atoms with E-state index in [0.717, 1.165) is 43.7 Å². The van der Waals surface area contributed by atoms with Gasteiger partial charge in [-0.3, -0.25) is 4.79 Å². The normalized spacial score (nSPS) is 17.0. The smallest absolute Gasteiger partial charge is 0.135 e. The molecule has 2 unspecified atom stereocenters. The molecular weight excluding hydrogens is 314 g/mol. The van der Waals surface area contributed by atoms with Crippen molar-refractivity contribution in [3.05, 3.63) is 0 Å². The van der Waals surface area contributed by atoms with Crippen molar-refractivity contribution in [3.63, 3.8) is 0 Å². The van der Waals surface area contributed by atoms with Crippen LogP contribution in [0.5, 0.6) is 0 Å². The topological polar surface area (TPSA) is 38.3 Å². The number of ketones is 1. The van der Waals surface area contributed by atoms with E-state index in [2.05, 4.69) is 33.0 Å². The number of ether oxygens (including phenoxy) is 1. The fourth-order valence-corrected chi connectivity index (χ4v) is 4.24. The van der Waals surface area contributed by atoms with Gasteiger partial charge >= 0.3 is 0 Å². The van der Waals surface area contributed by atoms with E-state index in [0.29, 0.717) is 6.61 Å². The quantitative estimate of drug-likeness (QED) is 0.368. The summed E-state index contributed by atoms with van der Waals surface area (Å²) in [6.45, 7) is 11.9. The van der Waals surface area contributed by atoms with Crippen molar-refractivity contribution in [2.45, 2.75) is 65.9 Å². The fourth-order valence-electron chi connectivity index (χ4n) is 1.99. The van der Waals surface area contributed by atoms with Crippen LogP contribution in [0.3, 0.4) is 0 Å². The van der Waals surface area contributed by atoms with Crippen LogP contribution in [-0.4, -0.2) is 43.1 Å². The van der Waals surface area contributed by atoms with E-state index in [1.54, 1.807) is 6.92 Å². The third kappa shape index (κ3) is 8.80. The Morgan fingerprint density at radius 2 is 1.73 bits per heavy atom. The van der Waals surface area contributed by atoms with Gasteiger partial charge in [0.1, 0.15) is 5.78 Å². The van der Waals surface area contributed by atoms with Gasteiger partial charge in [-0.2, -0.15) is 0 Å². The number of Topliss-reactive ketones (excluding diaryl/α,β-unsaturated/α-hetero) is 1. The Labute approximate surface area is 145 Å². The first-order valence-corrected chi connectivity index (χ1v) is 10.9. The molecule has 0 saturated heterocycles. The van der Waals surface area contributed by atoms with E-state index in [9.17, 15) is 4.79 Å². The summed E-state index contributed by atoms with van der Waals surface area (Å²) in [6.07, 6.45) is 3.77. The maximum absolute atomic E-state index is 11.8. The minimum Gasteiger partial charge on any atom is -0.375 e. The molecule has 0 aromatic carbocycles. The van der Waals surface area contributed by atoms with Crippen molar-refractivity contribution in [1.82, 2.24) is 5.32 Å². The van der Waals surface area contributed by atoms with Gasteiger partial charge in [0.15, 0.2) is 0 Å². The van der Waals surface area contributed by atoms with Gasteiger partial charge in [-0.05, 0) is 46.6 Å². The molecule has 0 heterocycles. The Kier molecular flexibility index (Phi) is 11.9. The standard InChI is InChI=1S/C17H35NO2S2/c1-7-16(4,15(3)19)9-12-20-17(5,8-2)10-13-21-22-14-11-18-6/h18H,7-14H2,1-6H3. The monoisotopic (exact) mass is 349 g/mol. The summed E-state index contributed by atoms with van der Waals surface area (Å²) in [4.78, 5) is 11.8. The summed E-state index contributed by atoms with van der Waals surface area (Å²) in [6, 6.07) is 0. The van der Waals surface area contributed by atoms with E-state index < -0.39 is 0 Å². The molecule has 0 aliphatic rings. The molecule has 0 aliphatic carbocycles. The Bertz CT molecular complexity index is 315. The molecule has 0 amide bonds. The SMILES string of the molecule is CCC(C)(CCSSCCNC)OCCC(C)(CC)C(C)=O. The first kappa shape index (κ1) is 22.3. The Morgan fingerprint density at radius 1 is 1.09 bits per heavy atom. The molecule has 0 aliphatic heterocycles. The van der Waals surface area contributed by atoms with Crippen LogP contribution in [0.1, 0.15) is 60.3 Å². The van der Waals surface area contributed by atoms with Crippen LogP contribution >= 0.6 is 21.6 Å². The van der Waals surface area contributed by atoms with Gasteiger partial charge in [0.05, 0.1) is 5.60 Å². The molecule has 0 radical (unpaired) electrons. The van der Waals surface area contributed by atoms with Gasteiger partial charge in [0, 0.05) is 30.1 Å². The molecule has 3 nitrogen and oxygen atoms in total. The molecule has 0 bridgehead atoms. The lowest BCUT2D eigenvalue weighted by atomic mass is 9.80. The highest BCUT2D eigenvalue weighted by atomic mass is 33.1. The zero-order valence-corrected chi connectivity index (χ0v) is 16.9. The molecular formula is C17H35NO2S2.